The average Bonchev–Trinajstić information content (AvgIpc) is 3.11. The Balaban J connectivity index is 1.73. The van der Waals surface area contributed by atoms with Gasteiger partial charge in [0, 0.05) is 22.7 Å². The van der Waals surface area contributed by atoms with Gasteiger partial charge in [-0.2, -0.15) is 0 Å². The number of Topliss-reactive ketones (excluding diaryl/α,β-unsaturated/α-hetero) is 1. The van der Waals surface area contributed by atoms with Crippen molar-refractivity contribution in [2.75, 3.05) is 12.0 Å². The number of rotatable bonds is 5. The smallest absolute Gasteiger partial charge is 0.175 e. The Morgan fingerprint density at radius 3 is 2.90 bits per heavy atom. The van der Waals surface area contributed by atoms with Crippen LogP contribution in [0.2, 0.25) is 0 Å². The fraction of sp³-hybridized carbons (Fsp3) is 0.154. The molecular formula is C13H11N3OS3. The number of fused-ring (bicyclic) bond motifs is 1. The maximum Gasteiger partial charge on any atom is 0.175 e. The van der Waals surface area contributed by atoms with Gasteiger partial charge >= 0.3 is 0 Å². The zero-order valence-electron chi connectivity index (χ0n) is 10.6. The van der Waals surface area contributed by atoms with Crippen LogP contribution in [0.3, 0.4) is 0 Å². The summed E-state index contributed by atoms with van der Waals surface area (Å²) in [7, 11) is 0. The number of ketones is 1. The number of thioether (sulfide) groups is 2. The van der Waals surface area contributed by atoms with Gasteiger partial charge in [-0.15, -0.1) is 10.2 Å². The average molecular weight is 321 g/mol. The fourth-order valence-electron chi connectivity index (χ4n) is 1.85. The second-order valence-electron chi connectivity index (χ2n) is 4.00. The van der Waals surface area contributed by atoms with E-state index >= 15 is 0 Å². The highest BCUT2D eigenvalue weighted by Crippen LogP contribution is 2.28. The molecule has 0 unspecified atom stereocenters. The Morgan fingerprint density at radius 2 is 2.10 bits per heavy atom. The monoisotopic (exact) mass is 321 g/mol. The molecule has 0 bridgehead atoms. The highest BCUT2D eigenvalue weighted by molar-refractivity contribution is 8.03. The summed E-state index contributed by atoms with van der Waals surface area (Å²) in [4.78, 5) is 15.4. The number of carbonyl (C=O) groups excluding carboxylic acids is 1. The van der Waals surface area contributed by atoms with Crippen LogP contribution < -0.4 is 0 Å². The van der Waals surface area contributed by atoms with Gasteiger partial charge in [-0.25, -0.2) is 0 Å². The fourth-order valence-corrected chi connectivity index (χ4v) is 4.17. The van der Waals surface area contributed by atoms with Gasteiger partial charge in [-0.1, -0.05) is 53.1 Å². The third-order valence-corrected chi connectivity index (χ3v) is 5.81. The lowest BCUT2D eigenvalue weighted by molar-refractivity contribution is 0.102. The van der Waals surface area contributed by atoms with E-state index in [0.29, 0.717) is 5.75 Å². The molecule has 0 aliphatic carbocycles. The van der Waals surface area contributed by atoms with Crippen LogP contribution in [-0.4, -0.2) is 33.0 Å². The van der Waals surface area contributed by atoms with Gasteiger partial charge in [-0.3, -0.25) is 4.79 Å². The van der Waals surface area contributed by atoms with Crippen LogP contribution in [-0.2, 0) is 0 Å². The van der Waals surface area contributed by atoms with Gasteiger partial charge in [0.15, 0.2) is 14.5 Å². The van der Waals surface area contributed by atoms with E-state index in [4.69, 9.17) is 0 Å². The number of H-pyrrole nitrogens is 1. The van der Waals surface area contributed by atoms with Crippen LogP contribution in [0.4, 0.5) is 0 Å². The highest BCUT2D eigenvalue weighted by Gasteiger charge is 2.13. The van der Waals surface area contributed by atoms with E-state index in [0.717, 1.165) is 25.1 Å². The molecule has 1 aromatic carbocycles. The number of nitrogens with zero attached hydrogens (tertiary/aromatic N) is 2. The Kier molecular flexibility index (Phi) is 4.09. The van der Waals surface area contributed by atoms with Crippen molar-refractivity contribution in [2.45, 2.75) is 8.68 Å². The summed E-state index contributed by atoms with van der Waals surface area (Å²) >= 11 is 4.52. The maximum absolute atomic E-state index is 12.3. The molecule has 3 aromatic rings. The number of aromatic nitrogens is 3. The van der Waals surface area contributed by atoms with E-state index in [-0.39, 0.29) is 5.78 Å². The first kappa shape index (κ1) is 13.7. The van der Waals surface area contributed by atoms with Crippen molar-refractivity contribution in [3.05, 3.63) is 36.0 Å². The summed E-state index contributed by atoms with van der Waals surface area (Å²) in [5.41, 5.74) is 1.73. The molecule has 0 radical (unpaired) electrons. The van der Waals surface area contributed by atoms with Gasteiger partial charge in [0.25, 0.3) is 0 Å². The predicted molar refractivity (Wildman–Crippen MR) is 85.0 cm³/mol. The van der Waals surface area contributed by atoms with Crippen molar-refractivity contribution in [3.63, 3.8) is 0 Å². The molecule has 0 amide bonds. The number of hydrogen-bond donors (Lipinski definition) is 1. The summed E-state index contributed by atoms with van der Waals surface area (Å²) in [6, 6.07) is 7.82. The van der Waals surface area contributed by atoms with Gasteiger partial charge < -0.3 is 4.98 Å². The maximum atomic E-state index is 12.3. The van der Waals surface area contributed by atoms with Crippen LogP contribution in [0.5, 0.6) is 0 Å². The Bertz CT molecular complexity index is 750. The van der Waals surface area contributed by atoms with Gasteiger partial charge in [-0.05, 0) is 12.3 Å². The van der Waals surface area contributed by atoms with E-state index < -0.39 is 0 Å². The minimum absolute atomic E-state index is 0.105. The zero-order valence-corrected chi connectivity index (χ0v) is 13.1. The van der Waals surface area contributed by atoms with Gasteiger partial charge in [0.1, 0.15) is 0 Å². The summed E-state index contributed by atoms with van der Waals surface area (Å²) in [5.74, 6) is 0.485. The Hall–Kier alpha value is -1.31. The van der Waals surface area contributed by atoms with Crippen molar-refractivity contribution in [3.8, 4) is 0 Å². The molecule has 2 heterocycles. The molecule has 0 saturated carbocycles. The first-order valence-electron chi connectivity index (χ1n) is 5.87. The van der Waals surface area contributed by atoms with Gasteiger partial charge in [0.2, 0.25) is 0 Å². The van der Waals surface area contributed by atoms with Crippen molar-refractivity contribution in [2.24, 2.45) is 0 Å². The lowest BCUT2D eigenvalue weighted by Crippen LogP contribution is -2.01. The summed E-state index contributed by atoms with van der Waals surface area (Å²) in [5, 5.41) is 9.04. The SMILES string of the molecule is CSc1nnc(SCC(=O)c2c[nH]c3ccccc23)s1. The first-order chi connectivity index (χ1) is 9.78. The summed E-state index contributed by atoms with van der Waals surface area (Å²) in [6.45, 7) is 0. The molecule has 0 spiro atoms. The third kappa shape index (κ3) is 2.74. The molecule has 0 atom stereocenters. The van der Waals surface area contributed by atoms with Gasteiger partial charge in [0.05, 0.1) is 5.75 Å². The van der Waals surface area contributed by atoms with Crippen molar-refractivity contribution in [1.29, 1.82) is 0 Å². The molecule has 20 heavy (non-hydrogen) atoms. The number of benzene rings is 1. The second-order valence-corrected chi connectivity index (χ2v) is 7.25. The number of para-hydroxylation sites is 1. The molecular weight excluding hydrogens is 310 g/mol. The minimum atomic E-state index is 0.105. The topological polar surface area (TPSA) is 58.6 Å². The molecule has 0 aliphatic heterocycles. The van der Waals surface area contributed by atoms with Crippen molar-refractivity contribution < 1.29 is 4.79 Å². The van der Waals surface area contributed by atoms with E-state index in [2.05, 4.69) is 15.2 Å². The molecule has 0 fully saturated rings. The molecule has 7 heteroatoms. The summed E-state index contributed by atoms with van der Waals surface area (Å²) < 4.78 is 1.76. The zero-order chi connectivity index (χ0) is 13.9. The lowest BCUT2D eigenvalue weighted by Gasteiger charge is -1.97. The van der Waals surface area contributed by atoms with E-state index in [1.54, 1.807) is 18.0 Å². The molecule has 0 saturated heterocycles. The number of carbonyl (C=O) groups is 1. The van der Waals surface area contributed by atoms with Crippen molar-refractivity contribution in [1.82, 2.24) is 15.2 Å². The third-order valence-electron chi connectivity index (χ3n) is 2.78. The first-order valence-corrected chi connectivity index (χ1v) is 8.90. The lowest BCUT2D eigenvalue weighted by atomic mass is 10.1. The quantitative estimate of drug-likeness (QED) is 0.573. The van der Waals surface area contributed by atoms with Crippen LogP contribution in [0.15, 0.2) is 39.1 Å². The number of hydrogen-bond acceptors (Lipinski definition) is 6. The van der Waals surface area contributed by atoms with E-state index in [1.807, 2.05) is 30.5 Å². The molecule has 2 aromatic heterocycles. The minimum Gasteiger partial charge on any atom is -0.360 e. The van der Waals surface area contributed by atoms with Crippen LogP contribution in [0, 0.1) is 0 Å². The van der Waals surface area contributed by atoms with Crippen LogP contribution in [0.1, 0.15) is 10.4 Å². The number of nitrogens with one attached hydrogen (secondary N) is 1. The van der Waals surface area contributed by atoms with E-state index in [1.165, 1.54) is 23.1 Å². The van der Waals surface area contributed by atoms with Crippen LogP contribution >= 0.6 is 34.9 Å². The highest BCUT2D eigenvalue weighted by atomic mass is 32.2. The van der Waals surface area contributed by atoms with Crippen molar-refractivity contribution >= 4 is 51.5 Å². The molecule has 1 N–H and O–H groups in total. The normalized spacial score (nSPS) is 11.1. The Morgan fingerprint density at radius 1 is 1.30 bits per heavy atom. The largest absolute Gasteiger partial charge is 0.360 e. The standard InChI is InChI=1S/C13H11N3OS3/c1-18-12-15-16-13(20-12)19-7-11(17)9-6-14-10-5-3-2-4-8(9)10/h2-6,14H,7H2,1H3. The number of aromatic amines is 1. The Labute approximate surface area is 128 Å². The molecule has 4 nitrogen and oxygen atoms in total. The molecule has 0 aliphatic rings. The van der Waals surface area contributed by atoms with E-state index in [9.17, 15) is 4.79 Å². The second kappa shape index (κ2) is 5.99. The van der Waals surface area contributed by atoms with Crippen LogP contribution in [0.25, 0.3) is 10.9 Å². The molecule has 102 valence electrons. The predicted octanol–water partition coefficient (Wildman–Crippen LogP) is 3.72. The summed E-state index contributed by atoms with van der Waals surface area (Å²) in [6.07, 6.45) is 3.74. The molecule has 3 rings (SSSR count).